The van der Waals surface area contributed by atoms with Crippen LogP contribution in [0.15, 0.2) is 42.5 Å². The van der Waals surface area contributed by atoms with Crippen LogP contribution in [-0.4, -0.2) is 22.8 Å². The molecule has 1 aliphatic heterocycles. The number of amides is 2. The molecular weight excluding hydrogens is 342 g/mol. The number of hydrogen-bond acceptors (Lipinski definition) is 4. The van der Waals surface area contributed by atoms with E-state index in [9.17, 15) is 14.4 Å². The second-order valence-electron chi connectivity index (χ2n) is 6.59. The lowest BCUT2D eigenvalue weighted by molar-refractivity contribution is -0.170. The summed E-state index contributed by atoms with van der Waals surface area (Å²) in [5, 5.41) is 1.30. The molecule has 25 heavy (non-hydrogen) atoms. The molecular formula is C19H12ClNO4. The third kappa shape index (κ3) is 1.93. The van der Waals surface area contributed by atoms with Crippen LogP contribution in [-0.2, 0) is 16.1 Å². The quantitative estimate of drug-likeness (QED) is 0.779. The Kier molecular flexibility index (Phi) is 2.89. The third-order valence-corrected chi connectivity index (χ3v) is 5.69. The van der Waals surface area contributed by atoms with Crippen LogP contribution >= 0.6 is 11.6 Å². The second-order valence-corrected chi connectivity index (χ2v) is 6.99. The fraction of sp³-hybridized carbons (Fsp3) is 0.211. The van der Waals surface area contributed by atoms with E-state index in [1.54, 1.807) is 24.3 Å². The highest BCUT2D eigenvalue weighted by atomic mass is 35.5. The molecule has 2 aliphatic carbocycles. The van der Waals surface area contributed by atoms with Crippen molar-refractivity contribution in [2.24, 2.45) is 11.8 Å². The van der Waals surface area contributed by atoms with Crippen LogP contribution < -0.4 is 0 Å². The van der Waals surface area contributed by atoms with Gasteiger partial charge in [-0.2, -0.15) is 0 Å². The molecule has 6 heteroatoms. The standard InChI is InChI=1S/C19H12ClNO4/c20-14-7-3-6-9-12(14)8-13-15(9)16(13)19(24)25-21-17(22)10-4-1-2-5-11(10)18(21)23/h1-7,13,15-16H,8H2. The Bertz CT molecular complexity index is 935. The van der Waals surface area contributed by atoms with E-state index in [4.69, 9.17) is 16.4 Å². The molecule has 1 heterocycles. The Balaban J connectivity index is 1.35. The van der Waals surface area contributed by atoms with Crippen molar-refractivity contribution in [3.05, 3.63) is 69.7 Å². The van der Waals surface area contributed by atoms with Crippen molar-refractivity contribution in [3.8, 4) is 0 Å². The minimum absolute atomic E-state index is 0.0661. The van der Waals surface area contributed by atoms with Crippen molar-refractivity contribution < 1.29 is 19.2 Å². The fourth-order valence-electron chi connectivity index (χ4n) is 4.11. The lowest BCUT2D eigenvalue weighted by Gasteiger charge is -2.14. The summed E-state index contributed by atoms with van der Waals surface area (Å²) in [4.78, 5) is 42.3. The third-order valence-electron chi connectivity index (χ3n) is 5.33. The largest absolute Gasteiger partial charge is 0.337 e. The summed E-state index contributed by atoms with van der Waals surface area (Å²) in [5.74, 6) is -1.84. The molecule has 2 aromatic rings. The second kappa shape index (κ2) is 4.92. The van der Waals surface area contributed by atoms with Crippen molar-refractivity contribution in [3.63, 3.8) is 0 Å². The van der Waals surface area contributed by atoms with Crippen molar-refractivity contribution >= 4 is 29.4 Å². The van der Waals surface area contributed by atoms with E-state index in [0.717, 1.165) is 22.6 Å². The van der Waals surface area contributed by atoms with Crippen LogP contribution in [0.4, 0.5) is 0 Å². The first-order chi connectivity index (χ1) is 12.1. The summed E-state index contributed by atoms with van der Waals surface area (Å²) in [6.45, 7) is 0. The van der Waals surface area contributed by atoms with Crippen LogP contribution in [0.25, 0.3) is 0 Å². The summed E-state index contributed by atoms with van der Waals surface area (Å²) >= 11 is 6.20. The molecule has 5 nitrogen and oxygen atoms in total. The normalized spacial score (nSPS) is 25.5. The Morgan fingerprint density at radius 3 is 2.40 bits per heavy atom. The molecule has 2 amide bonds. The van der Waals surface area contributed by atoms with Gasteiger partial charge < -0.3 is 4.84 Å². The van der Waals surface area contributed by atoms with Gasteiger partial charge in [-0.05, 0) is 41.7 Å². The Hall–Kier alpha value is -2.66. The Morgan fingerprint density at radius 1 is 1.04 bits per heavy atom. The van der Waals surface area contributed by atoms with Gasteiger partial charge in [0.1, 0.15) is 0 Å². The molecule has 0 aromatic heterocycles. The molecule has 3 atom stereocenters. The molecule has 1 fully saturated rings. The predicted octanol–water partition coefficient (Wildman–Crippen LogP) is 2.98. The first-order valence-electron chi connectivity index (χ1n) is 8.05. The molecule has 0 spiro atoms. The summed E-state index contributed by atoms with van der Waals surface area (Å²) in [6.07, 6.45) is 0.724. The van der Waals surface area contributed by atoms with E-state index < -0.39 is 17.8 Å². The van der Waals surface area contributed by atoms with Crippen molar-refractivity contribution in [1.29, 1.82) is 0 Å². The number of imide groups is 1. The van der Waals surface area contributed by atoms with Gasteiger partial charge in [0.25, 0.3) is 11.8 Å². The molecule has 0 saturated heterocycles. The molecule has 2 aromatic carbocycles. The topological polar surface area (TPSA) is 63.7 Å². The zero-order chi connectivity index (χ0) is 17.3. The van der Waals surface area contributed by atoms with Gasteiger partial charge >= 0.3 is 5.97 Å². The van der Waals surface area contributed by atoms with Gasteiger partial charge in [-0.3, -0.25) is 9.59 Å². The number of hydroxylamine groups is 2. The molecule has 3 unspecified atom stereocenters. The van der Waals surface area contributed by atoms with Gasteiger partial charge in [-0.15, -0.1) is 0 Å². The van der Waals surface area contributed by atoms with Gasteiger partial charge in [-0.1, -0.05) is 40.9 Å². The van der Waals surface area contributed by atoms with Gasteiger partial charge in [0, 0.05) is 10.9 Å². The highest BCUT2D eigenvalue weighted by molar-refractivity contribution is 6.31. The first kappa shape index (κ1) is 14.7. The highest BCUT2D eigenvalue weighted by Crippen LogP contribution is 2.62. The SMILES string of the molecule is O=C(ON1C(=O)c2ccccc2C1=O)C1C2Cc3c(Cl)cccc3C21. The fourth-order valence-corrected chi connectivity index (χ4v) is 4.37. The van der Waals surface area contributed by atoms with E-state index in [2.05, 4.69) is 0 Å². The zero-order valence-electron chi connectivity index (χ0n) is 12.9. The molecule has 0 radical (unpaired) electrons. The van der Waals surface area contributed by atoms with Crippen LogP contribution in [0, 0.1) is 11.8 Å². The van der Waals surface area contributed by atoms with Crippen molar-refractivity contribution in [2.45, 2.75) is 12.3 Å². The minimum atomic E-state index is -0.594. The maximum Gasteiger partial charge on any atom is 0.337 e. The van der Waals surface area contributed by atoms with Crippen LogP contribution in [0.1, 0.15) is 37.8 Å². The number of fused-ring (bicyclic) bond motifs is 4. The molecule has 5 rings (SSSR count). The first-order valence-corrected chi connectivity index (χ1v) is 8.42. The predicted molar refractivity (Wildman–Crippen MR) is 87.9 cm³/mol. The Labute approximate surface area is 148 Å². The molecule has 0 N–H and O–H groups in total. The zero-order valence-corrected chi connectivity index (χ0v) is 13.7. The van der Waals surface area contributed by atoms with Crippen LogP contribution in [0.5, 0.6) is 0 Å². The maximum atomic E-state index is 12.5. The van der Waals surface area contributed by atoms with Gasteiger partial charge in [-0.25, -0.2) is 4.79 Å². The summed E-state index contributed by atoms with van der Waals surface area (Å²) in [6, 6.07) is 12.1. The number of rotatable bonds is 2. The Morgan fingerprint density at radius 2 is 1.72 bits per heavy atom. The van der Waals surface area contributed by atoms with E-state index in [1.807, 2.05) is 18.2 Å². The highest BCUT2D eigenvalue weighted by Gasteiger charge is 2.61. The average molecular weight is 354 g/mol. The lowest BCUT2D eigenvalue weighted by atomic mass is 10.0. The van der Waals surface area contributed by atoms with Crippen LogP contribution in [0.2, 0.25) is 5.02 Å². The van der Waals surface area contributed by atoms with Gasteiger partial charge in [0.05, 0.1) is 17.0 Å². The number of hydrogen-bond donors (Lipinski definition) is 0. The number of nitrogens with zero attached hydrogens (tertiary/aromatic N) is 1. The molecule has 3 aliphatic rings. The van der Waals surface area contributed by atoms with E-state index in [0.29, 0.717) is 5.06 Å². The molecule has 1 saturated carbocycles. The van der Waals surface area contributed by atoms with E-state index in [-0.39, 0.29) is 28.9 Å². The number of carbonyl (C=O) groups is 3. The molecule has 124 valence electrons. The monoisotopic (exact) mass is 353 g/mol. The van der Waals surface area contributed by atoms with Crippen molar-refractivity contribution in [1.82, 2.24) is 5.06 Å². The average Bonchev–Trinajstić information content (AvgIpc) is 3.13. The van der Waals surface area contributed by atoms with E-state index in [1.165, 1.54) is 0 Å². The smallest absolute Gasteiger partial charge is 0.329 e. The van der Waals surface area contributed by atoms with Crippen molar-refractivity contribution in [2.75, 3.05) is 0 Å². The maximum absolute atomic E-state index is 12.5. The number of benzene rings is 2. The summed E-state index contributed by atoms with van der Waals surface area (Å²) < 4.78 is 0. The number of carbonyl (C=O) groups excluding carboxylic acids is 3. The summed E-state index contributed by atoms with van der Waals surface area (Å²) in [5.41, 5.74) is 2.67. The van der Waals surface area contributed by atoms with Gasteiger partial charge in [0.15, 0.2) is 0 Å². The minimum Gasteiger partial charge on any atom is -0.329 e. The van der Waals surface area contributed by atoms with E-state index >= 15 is 0 Å². The summed E-state index contributed by atoms with van der Waals surface area (Å²) in [7, 11) is 0. The number of halogens is 1. The van der Waals surface area contributed by atoms with Gasteiger partial charge in [0.2, 0.25) is 0 Å². The lowest BCUT2D eigenvalue weighted by Crippen LogP contribution is -2.33. The van der Waals surface area contributed by atoms with Crippen LogP contribution in [0.3, 0.4) is 0 Å². The molecule has 0 bridgehead atoms.